The summed E-state index contributed by atoms with van der Waals surface area (Å²) in [5, 5.41) is 2.67. The number of hydrogen-bond acceptors (Lipinski definition) is 3. The summed E-state index contributed by atoms with van der Waals surface area (Å²) in [5.74, 6) is 0.316. The summed E-state index contributed by atoms with van der Waals surface area (Å²) in [6.07, 6.45) is -3.57. The van der Waals surface area contributed by atoms with Crippen LogP contribution in [-0.2, 0) is 0 Å². The third kappa shape index (κ3) is 5.52. The molecule has 2 rings (SSSR count). The number of carbonyl (C=O) groups is 1. The first-order valence-corrected chi connectivity index (χ1v) is 8.76. The number of nitrogens with zero attached hydrogens (tertiary/aromatic N) is 2. The van der Waals surface area contributed by atoms with Gasteiger partial charge in [0.1, 0.15) is 5.75 Å². The maximum absolute atomic E-state index is 12.6. The van der Waals surface area contributed by atoms with Gasteiger partial charge in [0, 0.05) is 26.2 Å². The van der Waals surface area contributed by atoms with Crippen LogP contribution in [0.5, 0.6) is 5.75 Å². The van der Waals surface area contributed by atoms with Crippen LogP contribution < -0.4 is 10.1 Å². The number of ether oxygens (including phenoxy) is 1. The average Bonchev–Trinajstić information content (AvgIpc) is 2.59. The second-order valence-electron chi connectivity index (χ2n) is 6.67. The molecule has 26 heavy (non-hydrogen) atoms. The number of amides is 2. The number of piperidine rings is 1. The number of alkyl halides is 3. The highest BCUT2D eigenvalue weighted by Gasteiger charge is 2.31. The van der Waals surface area contributed by atoms with E-state index in [1.54, 1.807) is 24.1 Å². The molecule has 146 valence electrons. The molecule has 0 bridgehead atoms. The largest absolute Gasteiger partial charge is 0.482 e. The molecule has 1 aromatic rings. The molecule has 0 radical (unpaired) electrons. The Balaban J connectivity index is 2.01. The van der Waals surface area contributed by atoms with E-state index in [9.17, 15) is 18.0 Å². The van der Waals surface area contributed by atoms with Crippen LogP contribution in [0.15, 0.2) is 24.3 Å². The van der Waals surface area contributed by atoms with Gasteiger partial charge in [-0.1, -0.05) is 26.0 Å². The number of likely N-dealkylation sites (tertiary alicyclic amines) is 1. The molecule has 0 aromatic heterocycles. The quantitative estimate of drug-likeness (QED) is 0.853. The van der Waals surface area contributed by atoms with Crippen LogP contribution in [0, 0.1) is 5.92 Å². The fourth-order valence-corrected chi connectivity index (χ4v) is 3.29. The van der Waals surface area contributed by atoms with E-state index >= 15 is 0 Å². The molecule has 2 atom stereocenters. The molecular weight excluding hydrogens is 347 g/mol. The van der Waals surface area contributed by atoms with Crippen molar-refractivity contribution in [2.45, 2.75) is 32.5 Å². The molecule has 1 heterocycles. The second kappa shape index (κ2) is 8.62. The van der Waals surface area contributed by atoms with Crippen LogP contribution in [0.4, 0.5) is 23.7 Å². The van der Waals surface area contributed by atoms with Crippen LogP contribution in [0.2, 0.25) is 0 Å². The van der Waals surface area contributed by atoms with Crippen LogP contribution in [0.1, 0.15) is 20.3 Å². The predicted molar refractivity (Wildman–Crippen MR) is 94.5 cm³/mol. The smallest absolute Gasteiger partial charge is 0.422 e. The van der Waals surface area contributed by atoms with Gasteiger partial charge >= 0.3 is 12.2 Å². The molecular formula is C18H26F3N3O2. The van der Waals surface area contributed by atoms with Crippen molar-refractivity contribution in [3.8, 4) is 5.75 Å². The van der Waals surface area contributed by atoms with Crippen LogP contribution in [0.3, 0.4) is 0 Å². The van der Waals surface area contributed by atoms with Gasteiger partial charge in [0.25, 0.3) is 0 Å². The summed E-state index contributed by atoms with van der Waals surface area (Å²) in [5.41, 5.74) is 0.229. The summed E-state index contributed by atoms with van der Waals surface area (Å²) in [6, 6.07) is 5.87. The molecule has 5 nitrogen and oxygen atoms in total. The standard InChI is InChI=1S/C18H26F3N3O2/c1-4-24-10-9-15(13(2)11-24)23(3)17(25)22-14-7-5-6-8-16(14)26-12-18(19,20)21/h5-8,13,15H,4,9-12H2,1-3H3,(H,22,25)/t13-,15-/m0/s1. The minimum atomic E-state index is -4.43. The lowest BCUT2D eigenvalue weighted by atomic mass is 9.93. The lowest BCUT2D eigenvalue weighted by molar-refractivity contribution is -0.153. The van der Waals surface area contributed by atoms with Crippen molar-refractivity contribution >= 4 is 11.7 Å². The lowest BCUT2D eigenvalue weighted by Crippen LogP contribution is -2.51. The fourth-order valence-electron chi connectivity index (χ4n) is 3.29. The average molecular weight is 373 g/mol. The zero-order valence-electron chi connectivity index (χ0n) is 15.3. The van der Waals surface area contributed by atoms with E-state index in [2.05, 4.69) is 24.1 Å². The Morgan fingerprint density at radius 3 is 2.69 bits per heavy atom. The zero-order chi connectivity index (χ0) is 19.3. The SMILES string of the molecule is CCN1CC[C@H](N(C)C(=O)Nc2ccccc2OCC(F)(F)F)[C@@H](C)C1. The first kappa shape index (κ1) is 20.4. The number of rotatable bonds is 5. The summed E-state index contributed by atoms with van der Waals surface area (Å²) >= 11 is 0. The molecule has 2 amide bonds. The van der Waals surface area contributed by atoms with E-state index in [-0.39, 0.29) is 23.5 Å². The van der Waals surface area contributed by atoms with Crippen molar-refractivity contribution in [1.82, 2.24) is 9.80 Å². The fraction of sp³-hybridized carbons (Fsp3) is 0.611. The predicted octanol–water partition coefficient (Wildman–Crippen LogP) is 3.82. The third-order valence-corrected chi connectivity index (χ3v) is 4.73. The molecule has 0 unspecified atom stereocenters. The summed E-state index contributed by atoms with van der Waals surface area (Å²) in [4.78, 5) is 16.6. The van der Waals surface area contributed by atoms with Gasteiger partial charge < -0.3 is 19.9 Å². The number of urea groups is 1. The number of halogens is 3. The van der Waals surface area contributed by atoms with Gasteiger partial charge in [-0.25, -0.2) is 4.79 Å². The number of para-hydroxylation sites is 2. The van der Waals surface area contributed by atoms with E-state index in [1.807, 2.05) is 0 Å². The Labute approximate surface area is 152 Å². The van der Waals surface area contributed by atoms with Gasteiger partial charge in [0.05, 0.1) is 5.69 Å². The lowest BCUT2D eigenvalue weighted by Gasteiger charge is -2.40. The van der Waals surface area contributed by atoms with Gasteiger partial charge in [-0.3, -0.25) is 0 Å². The van der Waals surface area contributed by atoms with Gasteiger partial charge in [0.2, 0.25) is 0 Å². The maximum atomic E-state index is 12.6. The van der Waals surface area contributed by atoms with E-state index in [4.69, 9.17) is 4.74 Å². The highest BCUT2D eigenvalue weighted by Crippen LogP contribution is 2.27. The molecule has 0 spiro atoms. The molecule has 8 heteroatoms. The Morgan fingerprint density at radius 2 is 2.08 bits per heavy atom. The first-order valence-electron chi connectivity index (χ1n) is 8.76. The zero-order valence-corrected chi connectivity index (χ0v) is 15.3. The molecule has 0 saturated carbocycles. The molecule has 1 saturated heterocycles. The highest BCUT2D eigenvalue weighted by atomic mass is 19.4. The van der Waals surface area contributed by atoms with Crippen molar-refractivity contribution in [2.24, 2.45) is 5.92 Å². The van der Waals surface area contributed by atoms with Gasteiger partial charge in [0.15, 0.2) is 6.61 Å². The molecule has 1 fully saturated rings. The summed E-state index contributed by atoms with van der Waals surface area (Å²) in [7, 11) is 1.72. The Kier molecular flexibility index (Phi) is 6.75. The molecule has 1 aliphatic heterocycles. The summed E-state index contributed by atoms with van der Waals surface area (Å²) in [6.45, 7) is 5.65. The molecule has 1 aromatic carbocycles. The molecule has 0 aliphatic carbocycles. The number of anilines is 1. The van der Waals surface area contributed by atoms with Gasteiger partial charge in [-0.05, 0) is 31.0 Å². The Bertz CT molecular complexity index is 610. The maximum Gasteiger partial charge on any atom is 0.422 e. The minimum Gasteiger partial charge on any atom is -0.482 e. The highest BCUT2D eigenvalue weighted by molar-refractivity contribution is 5.91. The van der Waals surface area contributed by atoms with E-state index in [0.29, 0.717) is 5.92 Å². The third-order valence-electron chi connectivity index (χ3n) is 4.73. The summed E-state index contributed by atoms with van der Waals surface area (Å²) < 4.78 is 42.0. The van der Waals surface area contributed by atoms with Crippen molar-refractivity contribution < 1.29 is 22.7 Å². The van der Waals surface area contributed by atoms with Crippen molar-refractivity contribution in [1.29, 1.82) is 0 Å². The van der Waals surface area contributed by atoms with Crippen LogP contribution >= 0.6 is 0 Å². The van der Waals surface area contributed by atoms with Gasteiger partial charge in [-0.2, -0.15) is 13.2 Å². The number of benzene rings is 1. The van der Waals surface area contributed by atoms with E-state index in [0.717, 1.165) is 26.1 Å². The van der Waals surface area contributed by atoms with Crippen LogP contribution in [-0.4, -0.2) is 61.3 Å². The van der Waals surface area contributed by atoms with Crippen molar-refractivity contribution in [2.75, 3.05) is 38.6 Å². The number of carbonyl (C=O) groups excluding carboxylic acids is 1. The number of nitrogens with one attached hydrogen (secondary N) is 1. The number of hydrogen-bond donors (Lipinski definition) is 1. The van der Waals surface area contributed by atoms with Crippen LogP contribution in [0.25, 0.3) is 0 Å². The van der Waals surface area contributed by atoms with E-state index < -0.39 is 12.8 Å². The van der Waals surface area contributed by atoms with Crippen molar-refractivity contribution in [3.05, 3.63) is 24.3 Å². The monoisotopic (exact) mass is 373 g/mol. The molecule has 1 N–H and O–H groups in total. The molecule has 1 aliphatic rings. The Hall–Kier alpha value is -1.96. The van der Waals surface area contributed by atoms with Crippen molar-refractivity contribution in [3.63, 3.8) is 0 Å². The minimum absolute atomic E-state index is 0.000394. The van der Waals surface area contributed by atoms with Gasteiger partial charge in [-0.15, -0.1) is 0 Å². The normalized spacial score (nSPS) is 21.3. The Morgan fingerprint density at radius 1 is 1.38 bits per heavy atom. The first-order chi connectivity index (χ1) is 12.2. The topological polar surface area (TPSA) is 44.8 Å². The second-order valence-corrected chi connectivity index (χ2v) is 6.67. The van der Waals surface area contributed by atoms with E-state index in [1.165, 1.54) is 12.1 Å².